The third-order valence-corrected chi connectivity index (χ3v) is 5.49. The predicted octanol–water partition coefficient (Wildman–Crippen LogP) is 3.70. The Morgan fingerprint density at radius 2 is 1.85 bits per heavy atom. The molecule has 2 aromatic rings. The molecule has 0 atom stereocenters. The molecule has 1 N–H and O–H groups in total. The van der Waals surface area contributed by atoms with Crippen molar-refractivity contribution in [1.82, 2.24) is 5.32 Å². The highest BCUT2D eigenvalue weighted by Gasteiger charge is 2.34. The molecule has 0 radical (unpaired) electrons. The minimum atomic E-state index is -0.385. The topological polar surface area (TPSA) is 58.6 Å². The summed E-state index contributed by atoms with van der Waals surface area (Å²) in [6, 6.07) is 17.0. The van der Waals surface area contributed by atoms with Gasteiger partial charge in [-0.05, 0) is 37.3 Å². The molecule has 0 aliphatic carbocycles. The zero-order chi connectivity index (χ0) is 18.8. The van der Waals surface area contributed by atoms with Gasteiger partial charge >= 0.3 is 5.97 Å². The van der Waals surface area contributed by atoms with E-state index in [1.54, 1.807) is 36.9 Å². The lowest BCUT2D eigenvalue weighted by molar-refractivity contribution is -0.138. The first-order valence-electron chi connectivity index (χ1n) is 8.70. The maximum Gasteiger partial charge on any atom is 0.340 e. The molecule has 2 heterocycles. The number of thioether (sulfide) groups is 1. The van der Waals surface area contributed by atoms with Gasteiger partial charge in [-0.15, -0.1) is 0 Å². The van der Waals surface area contributed by atoms with Crippen LogP contribution in [-0.4, -0.2) is 25.0 Å². The highest BCUT2D eigenvalue weighted by molar-refractivity contribution is 8.03. The largest absolute Gasteiger partial charge is 0.462 e. The molecule has 2 aliphatic heterocycles. The van der Waals surface area contributed by atoms with Crippen molar-refractivity contribution < 1.29 is 14.3 Å². The van der Waals surface area contributed by atoms with Crippen molar-refractivity contribution in [1.29, 1.82) is 0 Å². The summed E-state index contributed by atoms with van der Waals surface area (Å²) < 4.78 is 5.23. The Bertz CT molecular complexity index is 966. The standard InChI is InChI=1S/C21H18N2O3S/c1-2-26-21(25)16-12-15(22-19(24)14-8-4-3-5-9-14)13-23-17-10-6-7-11-18(17)27-20(16)23/h3-12H,2,13H2,1H3,(H,22,24). The third-order valence-electron chi connectivity index (χ3n) is 4.29. The Hall–Kier alpha value is -2.99. The minimum absolute atomic E-state index is 0.200. The fraction of sp³-hybridized carbons (Fsp3) is 0.143. The number of carbonyl (C=O) groups excluding carboxylic acids is 2. The van der Waals surface area contributed by atoms with Gasteiger partial charge in [0.2, 0.25) is 0 Å². The van der Waals surface area contributed by atoms with Crippen molar-refractivity contribution in [3.05, 3.63) is 82.5 Å². The molecule has 0 fully saturated rings. The van der Waals surface area contributed by atoms with Gasteiger partial charge in [-0.25, -0.2) is 4.79 Å². The zero-order valence-electron chi connectivity index (χ0n) is 14.8. The van der Waals surface area contributed by atoms with E-state index in [1.165, 1.54) is 0 Å². The second kappa shape index (κ2) is 7.32. The first-order chi connectivity index (χ1) is 13.2. The lowest BCUT2D eigenvalue weighted by atomic mass is 10.1. The summed E-state index contributed by atoms with van der Waals surface area (Å²) in [5.74, 6) is -0.586. The number of nitrogens with one attached hydrogen (secondary N) is 1. The van der Waals surface area contributed by atoms with Crippen LogP contribution < -0.4 is 10.2 Å². The summed E-state index contributed by atoms with van der Waals surface area (Å²) in [7, 11) is 0. The van der Waals surface area contributed by atoms with E-state index in [9.17, 15) is 9.59 Å². The Labute approximate surface area is 161 Å². The van der Waals surface area contributed by atoms with E-state index >= 15 is 0 Å². The molecule has 0 aromatic heterocycles. The van der Waals surface area contributed by atoms with E-state index in [2.05, 4.69) is 5.32 Å². The van der Waals surface area contributed by atoms with E-state index in [0.29, 0.717) is 30.0 Å². The Morgan fingerprint density at radius 1 is 1.11 bits per heavy atom. The number of esters is 1. The van der Waals surface area contributed by atoms with Gasteiger partial charge in [0.25, 0.3) is 5.91 Å². The first kappa shape index (κ1) is 17.4. The van der Waals surface area contributed by atoms with Crippen molar-refractivity contribution in [2.75, 3.05) is 18.1 Å². The number of fused-ring (bicyclic) bond motifs is 3. The summed E-state index contributed by atoms with van der Waals surface area (Å²) >= 11 is 1.55. The molecule has 136 valence electrons. The number of anilines is 1. The van der Waals surface area contributed by atoms with Crippen molar-refractivity contribution in [3.63, 3.8) is 0 Å². The van der Waals surface area contributed by atoms with E-state index in [0.717, 1.165) is 15.6 Å². The van der Waals surface area contributed by atoms with Gasteiger partial charge in [-0.1, -0.05) is 42.1 Å². The van der Waals surface area contributed by atoms with E-state index in [4.69, 9.17) is 4.74 Å². The summed E-state index contributed by atoms with van der Waals surface area (Å²) in [6.07, 6.45) is 1.73. The van der Waals surface area contributed by atoms with Gasteiger partial charge in [0, 0.05) is 16.2 Å². The van der Waals surface area contributed by atoms with Gasteiger partial charge in [-0.2, -0.15) is 0 Å². The fourth-order valence-corrected chi connectivity index (χ4v) is 4.25. The van der Waals surface area contributed by atoms with Crippen LogP contribution in [0.25, 0.3) is 0 Å². The number of ether oxygens (including phenoxy) is 1. The van der Waals surface area contributed by atoms with Crippen molar-refractivity contribution in [2.45, 2.75) is 11.8 Å². The second-order valence-electron chi connectivity index (χ2n) is 6.08. The van der Waals surface area contributed by atoms with Crippen LogP contribution in [0.5, 0.6) is 0 Å². The number of hydrogen-bond donors (Lipinski definition) is 1. The molecule has 27 heavy (non-hydrogen) atoms. The summed E-state index contributed by atoms with van der Waals surface area (Å²) in [5, 5.41) is 3.78. The van der Waals surface area contributed by atoms with E-state index in [-0.39, 0.29) is 11.9 Å². The molecule has 0 spiro atoms. The number of para-hydroxylation sites is 1. The van der Waals surface area contributed by atoms with Crippen molar-refractivity contribution >= 4 is 29.3 Å². The van der Waals surface area contributed by atoms with Crippen molar-refractivity contribution in [3.8, 4) is 0 Å². The Kier molecular flexibility index (Phi) is 4.73. The number of carbonyl (C=O) groups is 2. The monoisotopic (exact) mass is 378 g/mol. The summed E-state index contributed by atoms with van der Waals surface area (Å²) in [6.45, 7) is 2.57. The number of hydrogen-bond acceptors (Lipinski definition) is 5. The minimum Gasteiger partial charge on any atom is -0.462 e. The van der Waals surface area contributed by atoms with Crippen LogP contribution in [0.3, 0.4) is 0 Å². The lowest BCUT2D eigenvalue weighted by Gasteiger charge is -2.27. The normalized spacial score (nSPS) is 15.0. The van der Waals surface area contributed by atoms with E-state index in [1.807, 2.05) is 47.4 Å². The zero-order valence-corrected chi connectivity index (χ0v) is 15.6. The molecule has 0 saturated carbocycles. The predicted molar refractivity (Wildman–Crippen MR) is 105 cm³/mol. The SMILES string of the molecule is CCOC(=O)C1=C2Sc3ccccc3N2CC(NC(=O)c2ccccc2)=C1. The lowest BCUT2D eigenvalue weighted by Crippen LogP contribution is -2.35. The number of rotatable bonds is 4. The molecule has 0 bridgehead atoms. The number of amides is 1. The van der Waals surface area contributed by atoms with Gasteiger partial charge in [0.15, 0.2) is 0 Å². The summed E-state index contributed by atoms with van der Waals surface area (Å²) in [5.41, 5.74) is 2.72. The molecular formula is C21H18N2O3S. The molecule has 6 heteroatoms. The molecule has 4 rings (SSSR count). The third kappa shape index (κ3) is 3.36. The quantitative estimate of drug-likeness (QED) is 0.822. The van der Waals surface area contributed by atoms with Crippen LogP contribution >= 0.6 is 11.8 Å². The molecule has 0 unspecified atom stereocenters. The molecule has 0 saturated heterocycles. The highest BCUT2D eigenvalue weighted by Crippen LogP contribution is 2.48. The molecule has 1 amide bonds. The Balaban J connectivity index is 1.67. The average molecular weight is 378 g/mol. The van der Waals surface area contributed by atoms with Crippen LogP contribution in [-0.2, 0) is 9.53 Å². The van der Waals surface area contributed by atoms with Gasteiger partial charge < -0.3 is 15.0 Å². The first-order valence-corrected chi connectivity index (χ1v) is 9.52. The van der Waals surface area contributed by atoms with Crippen molar-refractivity contribution in [2.24, 2.45) is 0 Å². The maximum absolute atomic E-state index is 12.5. The second-order valence-corrected chi connectivity index (χ2v) is 7.12. The van der Waals surface area contributed by atoms with Crippen LogP contribution in [0.4, 0.5) is 5.69 Å². The highest BCUT2D eigenvalue weighted by atomic mass is 32.2. The number of benzene rings is 2. The van der Waals surface area contributed by atoms with Crippen LogP contribution in [0.2, 0.25) is 0 Å². The molecule has 2 aromatic carbocycles. The van der Waals surface area contributed by atoms with Crippen LogP contribution in [0, 0.1) is 0 Å². The average Bonchev–Trinajstić information content (AvgIpc) is 3.07. The smallest absolute Gasteiger partial charge is 0.340 e. The molecule has 5 nitrogen and oxygen atoms in total. The fourth-order valence-electron chi connectivity index (χ4n) is 3.08. The molecular weight excluding hydrogens is 360 g/mol. The van der Waals surface area contributed by atoms with E-state index < -0.39 is 0 Å². The van der Waals surface area contributed by atoms with Gasteiger partial charge in [0.05, 0.1) is 29.4 Å². The summed E-state index contributed by atoms with van der Waals surface area (Å²) in [4.78, 5) is 28.2. The van der Waals surface area contributed by atoms with Gasteiger partial charge in [0.1, 0.15) is 0 Å². The molecule has 2 aliphatic rings. The number of nitrogens with zero attached hydrogens (tertiary/aromatic N) is 1. The Morgan fingerprint density at radius 3 is 2.63 bits per heavy atom. The van der Waals surface area contributed by atoms with Gasteiger partial charge in [-0.3, -0.25) is 4.79 Å². The van der Waals surface area contributed by atoms with Crippen LogP contribution in [0.1, 0.15) is 17.3 Å². The maximum atomic E-state index is 12.5. The van der Waals surface area contributed by atoms with Crippen LogP contribution in [0.15, 0.2) is 81.9 Å².